The normalized spacial score (nSPS) is 29.8. The van der Waals surface area contributed by atoms with Crippen LogP contribution in [0.4, 0.5) is 5.69 Å². The Morgan fingerprint density at radius 1 is 1.28 bits per heavy atom. The number of rotatable bonds is 5. The lowest BCUT2D eigenvalue weighted by Crippen LogP contribution is -2.43. The van der Waals surface area contributed by atoms with Gasteiger partial charge in [0.1, 0.15) is 5.78 Å². The number of nitrogens with zero attached hydrogens (tertiary/aromatic N) is 2. The SMILES string of the molecule is CC1(C)C2CCC1(CS(=O)(=O)Nc1ccc(C3=CSC4=NCCN34)cc1)C(=O)C2. The summed E-state index contributed by atoms with van der Waals surface area (Å²) >= 11 is 1.62. The molecular formula is C21H25N3O3S2. The fourth-order valence-electron chi connectivity index (χ4n) is 5.50. The van der Waals surface area contributed by atoms with Crippen LogP contribution in [-0.4, -0.2) is 43.1 Å². The third kappa shape index (κ3) is 2.86. The third-order valence-corrected chi connectivity index (χ3v) is 9.72. The van der Waals surface area contributed by atoms with Crippen molar-refractivity contribution >= 4 is 44.1 Å². The lowest BCUT2D eigenvalue weighted by atomic mass is 9.70. The van der Waals surface area contributed by atoms with E-state index in [0.717, 1.165) is 35.9 Å². The van der Waals surface area contributed by atoms with Gasteiger partial charge < -0.3 is 4.90 Å². The van der Waals surface area contributed by atoms with Crippen LogP contribution in [0.25, 0.3) is 5.70 Å². The summed E-state index contributed by atoms with van der Waals surface area (Å²) in [4.78, 5) is 19.3. The molecule has 154 valence electrons. The molecule has 0 aromatic heterocycles. The zero-order valence-corrected chi connectivity index (χ0v) is 18.3. The second kappa shape index (κ2) is 6.35. The highest BCUT2D eigenvalue weighted by atomic mass is 32.2. The Morgan fingerprint density at radius 2 is 2.03 bits per heavy atom. The number of ketones is 1. The number of anilines is 1. The molecule has 29 heavy (non-hydrogen) atoms. The van der Waals surface area contributed by atoms with Crippen LogP contribution in [0, 0.1) is 16.7 Å². The first-order valence-corrected chi connectivity index (χ1v) is 12.6. The summed E-state index contributed by atoms with van der Waals surface area (Å²) in [6.45, 7) is 5.82. The Bertz CT molecular complexity index is 1040. The van der Waals surface area contributed by atoms with E-state index in [9.17, 15) is 13.2 Å². The average Bonchev–Trinajstić information content (AvgIpc) is 3.35. The van der Waals surface area contributed by atoms with Crippen molar-refractivity contribution in [3.8, 4) is 0 Å². The number of sulfonamides is 1. The number of fused-ring (bicyclic) bond motifs is 3. The van der Waals surface area contributed by atoms with E-state index in [1.165, 1.54) is 0 Å². The molecule has 1 N–H and O–H groups in total. The number of aliphatic imine (C=N–C) groups is 1. The molecule has 6 nitrogen and oxygen atoms in total. The molecule has 2 unspecified atom stereocenters. The molecule has 2 aliphatic heterocycles. The van der Waals surface area contributed by atoms with Crippen molar-refractivity contribution in [2.24, 2.45) is 21.7 Å². The molecule has 2 saturated carbocycles. The van der Waals surface area contributed by atoms with Gasteiger partial charge in [0.25, 0.3) is 0 Å². The summed E-state index contributed by atoms with van der Waals surface area (Å²) in [6, 6.07) is 7.45. The molecule has 1 aromatic carbocycles. The van der Waals surface area contributed by atoms with Crippen molar-refractivity contribution in [1.82, 2.24) is 4.90 Å². The van der Waals surface area contributed by atoms with Crippen LogP contribution in [0.15, 0.2) is 34.7 Å². The molecule has 2 bridgehead atoms. The van der Waals surface area contributed by atoms with E-state index in [1.807, 2.05) is 12.1 Å². The number of amidine groups is 1. The van der Waals surface area contributed by atoms with Gasteiger partial charge in [-0.15, -0.1) is 0 Å². The van der Waals surface area contributed by atoms with Gasteiger partial charge in [0.15, 0.2) is 5.17 Å². The van der Waals surface area contributed by atoms with Gasteiger partial charge in [0.2, 0.25) is 10.0 Å². The van der Waals surface area contributed by atoms with Gasteiger partial charge >= 0.3 is 0 Å². The molecule has 2 heterocycles. The Morgan fingerprint density at radius 3 is 2.69 bits per heavy atom. The van der Waals surface area contributed by atoms with Crippen molar-refractivity contribution in [2.45, 2.75) is 33.1 Å². The molecule has 0 amide bonds. The number of hydrogen-bond donors (Lipinski definition) is 1. The fraction of sp³-hybridized carbons (Fsp3) is 0.524. The van der Waals surface area contributed by atoms with Crippen LogP contribution in [0.1, 0.15) is 38.7 Å². The highest BCUT2D eigenvalue weighted by Crippen LogP contribution is 2.64. The van der Waals surface area contributed by atoms with Crippen molar-refractivity contribution < 1.29 is 13.2 Å². The predicted molar refractivity (Wildman–Crippen MR) is 117 cm³/mol. The summed E-state index contributed by atoms with van der Waals surface area (Å²) in [5, 5.41) is 3.11. The summed E-state index contributed by atoms with van der Waals surface area (Å²) in [6.07, 6.45) is 2.14. The number of nitrogens with one attached hydrogen (secondary N) is 1. The van der Waals surface area contributed by atoms with Crippen molar-refractivity contribution in [3.63, 3.8) is 0 Å². The van der Waals surface area contributed by atoms with Gasteiger partial charge in [-0.3, -0.25) is 14.5 Å². The number of benzene rings is 1. The molecular weight excluding hydrogens is 406 g/mol. The monoisotopic (exact) mass is 431 g/mol. The van der Waals surface area contributed by atoms with Crippen LogP contribution >= 0.6 is 11.8 Å². The molecule has 2 atom stereocenters. The van der Waals surface area contributed by atoms with Gasteiger partial charge in [-0.1, -0.05) is 37.7 Å². The maximum atomic E-state index is 13.0. The van der Waals surface area contributed by atoms with E-state index >= 15 is 0 Å². The van der Waals surface area contributed by atoms with E-state index in [-0.39, 0.29) is 17.0 Å². The number of carbonyl (C=O) groups excluding carboxylic acids is 1. The van der Waals surface area contributed by atoms with Crippen LogP contribution in [0.3, 0.4) is 0 Å². The maximum Gasteiger partial charge on any atom is 0.233 e. The topological polar surface area (TPSA) is 78.8 Å². The van der Waals surface area contributed by atoms with E-state index < -0.39 is 15.4 Å². The summed E-state index contributed by atoms with van der Waals surface area (Å²) < 4.78 is 28.6. The first-order valence-electron chi connectivity index (χ1n) is 10.0. The molecule has 8 heteroatoms. The van der Waals surface area contributed by atoms with E-state index in [4.69, 9.17) is 0 Å². The van der Waals surface area contributed by atoms with Gasteiger partial charge in [-0.2, -0.15) is 0 Å². The zero-order valence-electron chi connectivity index (χ0n) is 16.6. The van der Waals surface area contributed by atoms with E-state index in [2.05, 4.69) is 33.9 Å². The predicted octanol–water partition coefficient (Wildman–Crippen LogP) is 3.54. The first-order chi connectivity index (χ1) is 13.7. The van der Waals surface area contributed by atoms with Crippen LogP contribution in [0.5, 0.6) is 0 Å². The summed E-state index contributed by atoms with van der Waals surface area (Å²) in [5.41, 5.74) is 1.67. The molecule has 2 fully saturated rings. The second-order valence-electron chi connectivity index (χ2n) is 9.04. The number of carbonyl (C=O) groups is 1. The van der Waals surface area contributed by atoms with Gasteiger partial charge in [-0.25, -0.2) is 8.42 Å². The summed E-state index contributed by atoms with van der Waals surface area (Å²) in [7, 11) is -3.63. The lowest BCUT2D eigenvalue weighted by molar-refractivity contribution is -0.128. The minimum atomic E-state index is -3.63. The van der Waals surface area contributed by atoms with Crippen LogP contribution in [-0.2, 0) is 14.8 Å². The quantitative estimate of drug-likeness (QED) is 0.771. The number of hydrogen-bond acceptors (Lipinski definition) is 6. The molecule has 0 radical (unpaired) electrons. The molecule has 4 aliphatic rings. The van der Waals surface area contributed by atoms with Gasteiger partial charge in [0, 0.05) is 24.1 Å². The average molecular weight is 432 g/mol. The van der Waals surface area contributed by atoms with E-state index in [0.29, 0.717) is 24.4 Å². The minimum absolute atomic E-state index is 0.119. The summed E-state index contributed by atoms with van der Waals surface area (Å²) in [5.74, 6) is 0.300. The molecule has 0 spiro atoms. The number of Topliss-reactive ketones (excluding diaryl/α,β-unsaturated/α-hetero) is 1. The van der Waals surface area contributed by atoms with Crippen molar-refractivity contribution in [2.75, 3.05) is 23.6 Å². The highest BCUT2D eigenvalue weighted by Gasteiger charge is 2.65. The second-order valence-corrected chi connectivity index (χ2v) is 11.6. The van der Waals surface area contributed by atoms with Crippen molar-refractivity contribution in [3.05, 3.63) is 35.2 Å². The molecule has 5 rings (SSSR count). The Hall–Kier alpha value is -1.80. The maximum absolute atomic E-state index is 13.0. The standard InChI is InChI=1S/C21H25N3O3S2/c1-20(2)15-7-8-21(20,18(25)11-15)13-29(26,27)23-16-5-3-14(4-6-16)17-12-28-19-22-9-10-24(17)19/h3-6,12,15,23H,7-11,13H2,1-2H3. The smallest absolute Gasteiger partial charge is 0.233 e. The first kappa shape index (κ1) is 19.2. The lowest BCUT2D eigenvalue weighted by Gasteiger charge is -2.36. The van der Waals surface area contributed by atoms with E-state index in [1.54, 1.807) is 23.9 Å². The Kier molecular flexibility index (Phi) is 4.20. The minimum Gasteiger partial charge on any atom is -0.318 e. The number of thioether (sulfide) groups is 1. The third-order valence-electron chi connectivity index (χ3n) is 7.40. The van der Waals surface area contributed by atoms with Gasteiger partial charge in [0.05, 0.1) is 23.4 Å². The molecule has 1 aromatic rings. The Balaban J connectivity index is 1.33. The fourth-order valence-corrected chi connectivity index (χ4v) is 8.36. The largest absolute Gasteiger partial charge is 0.318 e. The van der Waals surface area contributed by atoms with Gasteiger partial charge in [-0.05, 0) is 41.9 Å². The molecule has 0 saturated heterocycles. The zero-order chi connectivity index (χ0) is 20.4. The van der Waals surface area contributed by atoms with Crippen molar-refractivity contribution in [1.29, 1.82) is 0 Å². The van der Waals surface area contributed by atoms with Crippen LogP contribution in [0.2, 0.25) is 0 Å². The Labute approximate surface area is 175 Å². The highest BCUT2D eigenvalue weighted by molar-refractivity contribution is 8.16. The molecule has 2 aliphatic carbocycles. The van der Waals surface area contributed by atoms with Crippen LogP contribution < -0.4 is 4.72 Å².